The molecule has 1 aliphatic heterocycles. The maximum atomic E-state index is 13.4. The number of aromatic amines is 1. The summed E-state index contributed by atoms with van der Waals surface area (Å²) in [7, 11) is 1.32. The largest absolute Gasteiger partial charge is 0.467 e. The maximum absolute atomic E-state index is 13.4. The normalized spacial score (nSPS) is 16.3. The number of fused-ring (bicyclic) bond motifs is 1. The van der Waals surface area contributed by atoms with Gasteiger partial charge in [-0.25, -0.2) is 14.6 Å². The summed E-state index contributed by atoms with van der Waals surface area (Å²) in [5.74, 6) is -0.496. The number of esters is 1. The lowest BCUT2D eigenvalue weighted by Gasteiger charge is -2.36. The van der Waals surface area contributed by atoms with E-state index in [0.717, 1.165) is 22.5 Å². The molecule has 4 rings (SSSR count). The molecule has 3 aromatic rings. The van der Waals surface area contributed by atoms with Crippen molar-refractivity contribution in [2.45, 2.75) is 24.9 Å². The van der Waals surface area contributed by atoms with Gasteiger partial charge < -0.3 is 19.9 Å². The Hall–Kier alpha value is -3.32. The van der Waals surface area contributed by atoms with Gasteiger partial charge in [0.05, 0.1) is 19.1 Å². The summed E-state index contributed by atoms with van der Waals surface area (Å²) in [5.41, 5.74) is 3.44. The van der Waals surface area contributed by atoms with E-state index in [4.69, 9.17) is 16.3 Å². The molecule has 0 fully saturated rings. The number of halogens is 1. The van der Waals surface area contributed by atoms with Gasteiger partial charge in [-0.2, -0.15) is 0 Å². The first-order valence-corrected chi connectivity index (χ1v) is 10.4. The predicted octanol–water partition coefficient (Wildman–Crippen LogP) is 3.50. The van der Waals surface area contributed by atoms with Crippen LogP contribution < -0.4 is 5.32 Å². The molecular formula is C23H23ClN4O3. The minimum absolute atomic E-state index is 0.331. The number of rotatable bonds is 5. The number of hydrogen-bond acceptors (Lipinski definition) is 4. The fourth-order valence-electron chi connectivity index (χ4n) is 3.92. The number of carbonyl (C=O) groups is 2. The van der Waals surface area contributed by atoms with Gasteiger partial charge in [0.15, 0.2) is 0 Å². The van der Waals surface area contributed by atoms with E-state index >= 15 is 0 Å². The Balaban J connectivity index is 1.62. The van der Waals surface area contributed by atoms with Crippen molar-refractivity contribution < 1.29 is 14.3 Å². The van der Waals surface area contributed by atoms with E-state index in [-0.39, 0.29) is 6.03 Å². The molecule has 0 saturated carbocycles. The second-order valence-corrected chi connectivity index (χ2v) is 7.76. The van der Waals surface area contributed by atoms with Gasteiger partial charge in [-0.3, -0.25) is 0 Å². The van der Waals surface area contributed by atoms with Crippen molar-refractivity contribution in [2.75, 3.05) is 13.7 Å². The molecule has 0 bridgehead atoms. The van der Waals surface area contributed by atoms with Crippen molar-refractivity contribution >= 4 is 23.6 Å². The first-order chi connectivity index (χ1) is 15.1. The monoisotopic (exact) mass is 438 g/mol. The number of nitrogens with zero attached hydrogens (tertiary/aromatic N) is 2. The summed E-state index contributed by atoms with van der Waals surface area (Å²) in [6.45, 7) is 0.455. The predicted molar refractivity (Wildman–Crippen MR) is 117 cm³/mol. The molecule has 0 spiro atoms. The molecule has 0 aliphatic carbocycles. The van der Waals surface area contributed by atoms with Crippen LogP contribution in [0.15, 0.2) is 60.9 Å². The summed E-state index contributed by atoms with van der Waals surface area (Å²) in [5, 5.41) is 3.41. The van der Waals surface area contributed by atoms with Crippen LogP contribution in [0.2, 0.25) is 5.02 Å². The molecule has 2 heterocycles. The molecule has 160 valence electrons. The minimum atomic E-state index is -0.813. The van der Waals surface area contributed by atoms with Crippen LogP contribution in [0.5, 0.6) is 0 Å². The molecule has 2 amide bonds. The van der Waals surface area contributed by atoms with E-state index in [2.05, 4.69) is 15.3 Å². The first-order valence-electron chi connectivity index (χ1n) is 10.0. The lowest BCUT2D eigenvalue weighted by molar-refractivity contribution is -0.142. The van der Waals surface area contributed by atoms with E-state index < -0.39 is 18.1 Å². The minimum Gasteiger partial charge on any atom is -0.467 e. The molecule has 31 heavy (non-hydrogen) atoms. The zero-order chi connectivity index (χ0) is 21.8. The van der Waals surface area contributed by atoms with Crippen LogP contribution in [0.25, 0.3) is 0 Å². The summed E-state index contributed by atoms with van der Waals surface area (Å²) in [4.78, 5) is 35.1. The van der Waals surface area contributed by atoms with Gasteiger partial charge in [-0.05, 0) is 17.2 Å². The van der Waals surface area contributed by atoms with Gasteiger partial charge in [0.25, 0.3) is 0 Å². The van der Waals surface area contributed by atoms with Crippen molar-refractivity contribution in [1.82, 2.24) is 20.2 Å². The maximum Gasteiger partial charge on any atom is 0.328 e. The van der Waals surface area contributed by atoms with Crippen LogP contribution in [-0.2, 0) is 22.4 Å². The molecule has 8 heteroatoms. The first kappa shape index (κ1) is 20.9. The lowest BCUT2D eigenvalue weighted by atomic mass is 9.96. The van der Waals surface area contributed by atoms with Crippen LogP contribution in [0.3, 0.4) is 0 Å². The number of amides is 2. The SMILES string of the molecule is COC(=O)C(Cc1ccccc1)NC(=O)N1CCc2[nH]cnc2C1c1ccccc1Cl. The van der Waals surface area contributed by atoms with Crippen LogP contribution in [-0.4, -0.2) is 46.6 Å². The Morgan fingerprint density at radius 1 is 1.23 bits per heavy atom. The number of aromatic nitrogens is 2. The van der Waals surface area contributed by atoms with Gasteiger partial charge in [-0.1, -0.05) is 60.1 Å². The number of imidazole rings is 1. The molecule has 0 radical (unpaired) electrons. The van der Waals surface area contributed by atoms with Crippen molar-refractivity contribution in [2.24, 2.45) is 0 Å². The molecule has 2 atom stereocenters. The molecule has 1 aromatic heterocycles. The molecule has 2 aromatic carbocycles. The number of carbonyl (C=O) groups excluding carboxylic acids is 2. The summed E-state index contributed by atoms with van der Waals surface area (Å²) >= 11 is 6.48. The van der Waals surface area contributed by atoms with Crippen molar-refractivity contribution in [1.29, 1.82) is 0 Å². The molecule has 2 N–H and O–H groups in total. The fraction of sp³-hybridized carbons (Fsp3) is 0.261. The Morgan fingerprint density at radius 2 is 1.97 bits per heavy atom. The lowest BCUT2D eigenvalue weighted by Crippen LogP contribution is -2.52. The van der Waals surface area contributed by atoms with E-state index in [9.17, 15) is 9.59 Å². The number of hydrogen-bond donors (Lipinski definition) is 2. The Labute approximate surface area is 185 Å². The highest BCUT2D eigenvalue weighted by Crippen LogP contribution is 2.36. The standard InChI is InChI=1S/C23H23ClN4O3/c1-31-22(29)19(13-15-7-3-2-4-8-15)27-23(30)28-12-11-18-20(26-14-25-18)21(28)16-9-5-6-10-17(16)24/h2-10,14,19,21H,11-13H2,1H3,(H,25,26)(H,27,30). The topological polar surface area (TPSA) is 87.3 Å². The zero-order valence-corrected chi connectivity index (χ0v) is 17.8. The third kappa shape index (κ3) is 4.41. The number of methoxy groups -OCH3 is 1. The van der Waals surface area contributed by atoms with Crippen molar-refractivity contribution in [3.63, 3.8) is 0 Å². The average Bonchev–Trinajstić information content (AvgIpc) is 3.27. The summed E-state index contributed by atoms with van der Waals surface area (Å²) in [6, 6.07) is 15.3. The highest BCUT2D eigenvalue weighted by atomic mass is 35.5. The number of H-pyrrole nitrogens is 1. The van der Waals surface area contributed by atoms with Crippen LogP contribution in [0.1, 0.15) is 28.6 Å². The van der Waals surface area contributed by atoms with Crippen LogP contribution in [0.4, 0.5) is 4.79 Å². The quantitative estimate of drug-likeness (QED) is 0.597. The van der Waals surface area contributed by atoms with E-state index in [1.54, 1.807) is 17.3 Å². The second kappa shape index (κ2) is 9.22. The van der Waals surface area contributed by atoms with Gasteiger partial charge >= 0.3 is 12.0 Å². The third-order valence-electron chi connectivity index (χ3n) is 5.45. The molecule has 0 saturated heterocycles. The van der Waals surface area contributed by atoms with Gasteiger partial charge in [0.2, 0.25) is 0 Å². The molecule has 7 nitrogen and oxygen atoms in total. The molecule has 2 unspecified atom stereocenters. The van der Waals surface area contributed by atoms with Gasteiger partial charge in [-0.15, -0.1) is 0 Å². The summed E-state index contributed by atoms with van der Waals surface area (Å²) < 4.78 is 4.94. The number of urea groups is 1. The van der Waals surface area contributed by atoms with E-state index in [0.29, 0.717) is 24.4 Å². The Kier molecular flexibility index (Phi) is 6.23. The zero-order valence-electron chi connectivity index (χ0n) is 17.0. The summed E-state index contributed by atoms with van der Waals surface area (Å²) in [6.07, 6.45) is 2.59. The second-order valence-electron chi connectivity index (χ2n) is 7.35. The highest BCUT2D eigenvalue weighted by Gasteiger charge is 2.36. The van der Waals surface area contributed by atoms with E-state index in [1.807, 2.05) is 48.5 Å². The molecule has 1 aliphatic rings. The van der Waals surface area contributed by atoms with Crippen molar-refractivity contribution in [3.8, 4) is 0 Å². The molecular weight excluding hydrogens is 416 g/mol. The number of benzene rings is 2. The van der Waals surface area contributed by atoms with Crippen molar-refractivity contribution in [3.05, 3.63) is 88.5 Å². The van der Waals surface area contributed by atoms with Crippen LogP contribution in [0, 0.1) is 0 Å². The van der Waals surface area contributed by atoms with E-state index in [1.165, 1.54) is 7.11 Å². The average molecular weight is 439 g/mol. The van der Waals surface area contributed by atoms with Crippen LogP contribution >= 0.6 is 11.6 Å². The van der Waals surface area contributed by atoms with Gasteiger partial charge in [0.1, 0.15) is 12.1 Å². The third-order valence-corrected chi connectivity index (χ3v) is 5.80. The number of nitrogens with one attached hydrogen (secondary N) is 2. The highest BCUT2D eigenvalue weighted by molar-refractivity contribution is 6.31. The Morgan fingerprint density at radius 3 is 2.71 bits per heavy atom. The smallest absolute Gasteiger partial charge is 0.328 e. The fourth-order valence-corrected chi connectivity index (χ4v) is 4.16. The van der Waals surface area contributed by atoms with Gasteiger partial charge in [0, 0.05) is 30.1 Å². The Bertz CT molecular complexity index is 1070. The number of ether oxygens (including phenoxy) is 1.